The summed E-state index contributed by atoms with van der Waals surface area (Å²) in [7, 11) is 1.78. The highest BCUT2D eigenvalue weighted by Crippen LogP contribution is 2.30. The molecule has 1 amide bonds. The van der Waals surface area contributed by atoms with Crippen LogP contribution in [-0.4, -0.2) is 43.5 Å². The van der Waals surface area contributed by atoms with Gasteiger partial charge in [-0.2, -0.15) is 0 Å². The summed E-state index contributed by atoms with van der Waals surface area (Å²) < 4.78 is 2.49. The number of fused-ring (bicyclic) bond motifs is 1. The molecule has 0 aliphatic heterocycles. The van der Waals surface area contributed by atoms with Crippen molar-refractivity contribution < 1.29 is 4.79 Å². The van der Waals surface area contributed by atoms with Gasteiger partial charge in [-0.05, 0) is 31.2 Å². The monoisotopic (exact) mass is 458 g/mol. The number of carbonyl (C=O) groups excluding carboxylic acids is 1. The molecular weight excluding hydrogens is 440 g/mol. The molecule has 0 saturated heterocycles. The molecule has 0 aliphatic carbocycles. The number of nitrogens with two attached hydrogens (primary N) is 1. The van der Waals surface area contributed by atoms with Crippen molar-refractivity contribution in [2.75, 3.05) is 18.6 Å². The number of halogens is 1. The van der Waals surface area contributed by atoms with Crippen LogP contribution in [0.25, 0.3) is 21.6 Å². The van der Waals surface area contributed by atoms with Gasteiger partial charge in [0.2, 0.25) is 11.1 Å². The summed E-state index contributed by atoms with van der Waals surface area (Å²) in [5.41, 5.74) is 1.71. The van der Waals surface area contributed by atoms with Crippen LogP contribution in [0.4, 0.5) is 0 Å². The number of hydrogen-bond acceptors (Lipinski definition) is 7. The van der Waals surface area contributed by atoms with Crippen molar-refractivity contribution in [3.8, 4) is 11.4 Å². The van der Waals surface area contributed by atoms with Crippen molar-refractivity contribution in [2.24, 2.45) is 0 Å². The zero-order chi connectivity index (χ0) is 21.3. The van der Waals surface area contributed by atoms with E-state index in [1.807, 2.05) is 43.3 Å². The van der Waals surface area contributed by atoms with E-state index in [4.69, 9.17) is 17.4 Å². The van der Waals surface area contributed by atoms with Gasteiger partial charge in [0.05, 0.1) is 22.0 Å². The van der Waals surface area contributed by atoms with Crippen molar-refractivity contribution in [1.82, 2.24) is 24.8 Å². The zero-order valence-electron chi connectivity index (χ0n) is 16.3. The molecule has 2 aromatic heterocycles. The van der Waals surface area contributed by atoms with Crippen LogP contribution in [-0.2, 0) is 4.79 Å². The predicted octanol–water partition coefficient (Wildman–Crippen LogP) is 4.23. The molecule has 0 saturated carbocycles. The van der Waals surface area contributed by atoms with E-state index in [0.717, 1.165) is 20.8 Å². The fourth-order valence-electron chi connectivity index (χ4n) is 2.88. The van der Waals surface area contributed by atoms with E-state index in [0.29, 0.717) is 16.0 Å². The maximum Gasteiger partial charge on any atom is 0.233 e. The standard InChI is InChI=1S/C20H19ClN6OS2/c1-12(19-23-15-8-3-4-9-16(15)30-19)26(2)17(28)11-29-20-25-24-18(27(20)22)13-6-5-7-14(21)10-13/h3-10,12H,11,22H2,1-2H3/t12-/m1/s1. The molecule has 7 nitrogen and oxygen atoms in total. The molecule has 4 aromatic rings. The second-order valence-electron chi connectivity index (χ2n) is 6.68. The molecule has 2 heterocycles. The molecule has 1 atom stereocenters. The number of thiazole rings is 1. The summed E-state index contributed by atoms with van der Waals surface area (Å²) in [6.07, 6.45) is 0. The average molecular weight is 459 g/mol. The Morgan fingerprint density at radius 1 is 1.27 bits per heavy atom. The lowest BCUT2D eigenvalue weighted by Crippen LogP contribution is -2.31. The zero-order valence-corrected chi connectivity index (χ0v) is 18.7. The number of thioether (sulfide) groups is 1. The highest BCUT2D eigenvalue weighted by atomic mass is 35.5. The lowest BCUT2D eigenvalue weighted by Gasteiger charge is -2.23. The Morgan fingerprint density at radius 2 is 2.07 bits per heavy atom. The summed E-state index contributed by atoms with van der Waals surface area (Å²) in [5, 5.41) is 10.2. The first-order valence-corrected chi connectivity index (χ1v) is 11.3. The Bertz CT molecular complexity index is 1170. The number of rotatable bonds is 6. The van der Waals surface area contributed by atoms with Gasteiger partial charge in [0.1, 0.15) is 5.01 Å². The van der Waals surface area contributed by atoms with Crippen molar-refractivity contribution in [1.29, 1.82) is 0 Å². The van der Waals surface area contributed by atoms with Crippen LogP contribution in [0, 0.1) is 0 Å². The number of para-hydroxylation sites is 1. The molecule has 0 fully saturated rings. The summed E-state index contributed by atoms with van der Waals surface area (Å²) in [6.45, 7) is 1.98. The van der Waals surface area contributed by atoms with Crippen LogP contribution < -0.4 is 5.84 Å². The smallest absolute Gasteiger partial charge is 0.233 e. The Labute approximate surface area is 186 Å². The predicted molar refractivity (Wildman–Crippen MR) is 122 cm³/mol. The summed E-state index contributed by atoms with van der Waals surface area (Å²) in [5.74, 6) is 6.77. The van der Waals surface area contributed by atoms with Gasteiger partial charge in [-0.3, -0.25) is 4.79 Å². The Morgan fingerprint density at radius 3 is 2.83 bits per heavy atom. The van der Waals surface area contributed by atoms with Crippen molar-refractivity contribution in [2.45, 2.75) is 18.1 Å². The second-order valence-corrected chi connectivity index (χ2v) is 9.12. The van der Waals surface area contributed by atoms with Crippen LogP contribution in [0.5, 0.6) is 0 Å². The molecule has 2 aromatic carbocycles. The van der Waals surface area contributed by atoms with Gasteiger partial charge in [-0.25, -0.2) is 9.66 Å². The van der Waals surface area contributed by atoms with E-state index in [1.54, 1.807) is 35.4 Å². The quantitative estimate of drug-likeness (QED) is 0.343. The summed E-state index contributed by atoms with van der Waals surface area (Å²) in [6, 6.07) is 15.0. The highest BCUT2D eigenvalue weighted by molar-refractivity contribution is 7.99. The Hall–Kier alpha value is -2.62. The number of nitrogen functional groups attached to an aromatic ring is 1. The molecule has 0 bridgehead atoms. The van der Waals surface area contributed by atoms with Crippen molar-refractivity contribution in [3.63, 3.8) is 0 Å². The summed E-state index contributed by atoms with van der Waals surface area (Å²) in [4.78, 5) is 19.1. The average Bonchev–Trinajstić information content (AvgIpc) is 3.34. The van der Waals surface area contributed by atoms with E-state index < -0.39 is 0 Å². The maximum absolute atomic E-state index is 12.7. The molecule has 30 heavy (non-hydrogen) atoms. The normalized spacial score (nSPS) is 12.2. The Kier molecular flexibility index (Phi) is 5.94. The first-order chi connectivity index (χ1) is 14.4. The largest absolute Gasteiger partial charge is 0.336 e. The van der Waals surface area contributed by atoms with E-state index in [2.05, 4.69) is 15.2 Å². The fraction of sp³-hybridized carbons (Fsp3) is 0.200. The van der Waals surface area contributed by atoms with Gasteiger partial charge < -0.3 is 10.7 Å². The molecule has 154 valence electrons. The Balaban J connectivity index is 1.43. The molecule has 2 N–H and O–H groups in total. The summed E-state index contributed by atoms with van der Waals surface area (Å²) >= 11 is 8.88. The second kappa shape index (κ2) is 8.63. The fourth-order valence-corrected chi connectivity index (χ4v) is 4.91. The third-order valence-electron chi connectivity index (χ3n) is 4.71. The van der Waals surface area contributed by atoms with Gasteiger partial charge in [0.25, 0.3) is 0 Å². The molecule has 0 aliphatic rings. The number of amides is 1. The van der Waals surface area contributed by atoms with Crippen LogP contribution in [0.15, 0.2) is 53.7 Å². The molecule has 10 heteroatoms. The highest BCUT2D eigenvalue weighted by Gasteiger charge is 2.22. The number of hydrogen-bond donors (Lipinski definition) is 1. The first-order valence-electron chi connectivity index (χ1n) is 9.14. The van der Waals surface area contributed by atoms with Crippen LogP contribution in [0.3, 0.4) is 0 Å². The maximum atomic E-state index is 12.7. The van der Waals surface area contributed by atoms with E-state index in [1.165, 1.54) is 16.4 Å². The van der Waals surface area contributed by atoms with Crippen molar-refractivity contribution in [3.05, 3.63) is 58.6 Å². The molecule has 0 radical (unpaired) electrons. The third-order valence-corrected chi connectivity index (χ3v) is 7.08. The minimum atomic E-state index is -0.131. The topological polar surface area (TPSA) is 89.9 Å². The van der Waals surface area contributed by atoms with E-state index in [-0.39, 0.29) is 17.7 Å². The van der Waals surface area contributed by atoms with E-state index in [9.17, 15) is 4.79 Å². The molecular formula is C20H19ClN6OS2. The molecule has 4 rings (SSSR count). The number of carbonyl (C=O) groups is 1. The number of aromatic nitrogens is 4. The molecule has 0 spiro atoms. The van der Waals surface area contributed by atoms with Gasteiger partial charge in [0.15, 0.2) is 5.82 Å². The van der Waals surface area contributed by atoms with Gasteiger partial charge >= 0.3 is 0 Å². The van der Waals surface area contributed by atoms with Crippen LogP contribution in [0.1, 0.15) is 18.0 Å². The van der Waals surface area contributed by atoms with Gasteiger partial charge in [-0.15, -0.1) is 21.5 Å². The lowest BCUT2D eigenvalue weighted by atomic mass is 10.2. The third kappa shape index (κ3) is 4.14. The number of nitrogens with zero attached hydrogens (tertiary/aromatic N) is 5. The minimum absolute atomic E-state index is 0.0425. The van der Waals surface area contributed by atoms with Crippen LogP contribution in [0.2, 0.25) is 5.02 Å². The lowest BCUT2D eigenvalue weighted by molar-refractivity contribution is -0.128. The van der Waals surface area contributed by atoms with Crippen LogP contribution >= 0.6 is 34.7 Å². The van der Waals surface area contributed by atoms with Gasteiger partial charge in [0, 0.05) is 17.6 Å². The SMILES string of the molecule is C[C@H](c1nc2ccccc2s1)N(C)C(=O)CSc1nnc(-c2cccc(Cl)c2)n1N. The van der Waals surface area contributed by atoms with Gasteiger partial charge in [-0.1, -0.05) is 47.6 Å². The van der Waals surface area contributed by atoms with Crippen molar-refractivity contribution >= 4 is 50.8 Å². The van der Waals surface area contributed by atoms with E-state index >= 15 is 0 Å². The minimum Gasteiger partial charge on any atom is -0.336 e. The number of benzene rings is 2. The molecule has 0 unspecified atom stereocenters. The first kappa shape index (κ1) is 20.6.